The molecule has 0 aromatic heterocycles. The van der Waals surface area contributed by atoms with Crippen LogP contribution in [0.4, 0.5) is 0 Å². The number of aliphatic hydroxyl groups is 6. The van der Waals surface area contributed by atoms with E-state index in [2.05, 4.69) is 46.8 Å². The predicted octanol–water partition coefficient (Wildman–Crippen LogP) is 2.31. The van der Waals surface area contributed by atoms with Gasteiger partial charge in [-0.05, 0) is 78.6 Å². The van der Waals surface area contributed by atoms with Crippen molar-refractivity contribution in [3.8, 4) is 0 Å². The Morgan fingerprint density at radius 2 is 1.69 bits per heavy atom. The van der Waals surface area contributed by atoms with Crippen LogP contribution in [0.2, 0.25) is 0 Å². The highest BCUT2D eigenvalue weighted by molar-refractivity contribution is 5.40. The van der Waals surface area contributed by atoms with Gasteiger partial charge >= 0.3 is 0 Å². The van der Waals surface area contributed by atoms with Gasteiger partial charge in [-0.25, -0.2) is 0 Å². The summed E-state index contributed by atoms with van der Waals surface area (Å²) in [5.41, 5.74) is 1.57. The molecule has 1 heterocycles. The minimum absolute atomic E-state index is 0.00442. The Hall–Kier alpha value is -0.880. The van der Waals surface area contributed by atoms with Crippen LogP contribution in [-0.4, -0.2) is 99.5 Å². The first-order chi connectivity index (χ1) is 19.8. The number of hydrogen-bond acceptors (Lipinski definition) is 9. The molecule has 9 heteroatoms. The van der Waals surface area contributed by atoms with Gasteiger partial charge in [-0.2, -0.15) is 0 Å². The Morgan fingerprint density at radius 1 is 0.976 bits per heavy atom. The van der Waals surface area contributed by atoms with Gasteiger partial charge in [0.05, 0.1) is 24.9 Å². The van der Waals surface area contributed by atoms with Crippen molar-refractivity contribution in [3.05, 3.63) is 23.3 Å². The van der Waals surface area contributed by atoms with Crippen molar-refractivity contribution in [1.82, 2.24) is 0 Å². The van der Waals surface area contributed by atoms with Gasteiger partial charge in [-0.3, -0.25) is 0 Å². The minimum Gasteiger partial charge on any atom is -0.394 e. The first-order valence-corrected chi connectivity index (χ1v) is 16.0. The molecule has 42 heavy (non-hydrogen) atoms. The van der Waals surface area contributed by atoms with Crippen molar-refractivity contribution in [1.29, 1.82) is 0 Å². The molecule has 4 aliphatic carbocycles. The summed E-state index contributed by atoms with van der Waals surface area (Å²) in [5.74, 6) is 0.428. The molecular weight excluding hydrogens is 540 g/mol. The van der Waals surface area contributed by atoms with Gasteiger partial charge in [0, 0.05) is 13.0 Å². The molecule has 0 unspecified atom stereocenters. The second kappa shape index (κ2) is 12.1. The van der Waals surface area contributed by atoms with Crippen LogP contribution >= 0.6 is 0 Å². The van der Waals surface area contributed by atoms with E-state index in [9.17, 15) is 30.6 Å². The van der Waals surface area contributed by atoms with E-state index < -0.39 is 55.6 Å². The number of ether oxygens (including phenoxy) is 3. The fourth-order valence-corrected chi connectivity index (χ4v) is 9.71. The highest BCUT2D eigenvalue weighted by Crippen LogP contribution is 2.66. The molecular formula is C33H54O9. The highest BCUT2D eigenvalue weighted by Gasteiger charge is 2.62. The van der Waals surface area contributed by atoms with Crippen LogP contribution in [0.1, 0.15) is 73.1 Å². The first-order valence-electron chi connectivity index (χ1n) is 16.0. The lowest BCUT2D eigenvalue weighted by molar-refractivity contribution is -0.318. The maximum atomic E-state index is 11.7. The number of hydrogen-bond donors (Lipinski definition) is 6. The maximum Gasteiger partial charge on any atom is 0.186 e. The van der Waals surface area contributed by atoms with Crippen LogP contribution in [0.15, 0.2) is 23.3 Å². The molecule has 1 saturated heterocycles. The fraction of sp³-hybridized carbons (Fsp3) is 0.879. The average Bonchev–Trinajstić information content (AvgIpc) is 3.24. The maximum absolute atomic E-state index is 11.7. The summed E-state index contributed by atoms with van der Waals surface area (Å²) in [7, 11) is 1.40. The molecule has 0 radical (unpaired) electrons. The number of fused-ring (bicyclic) bond motifs is 4. The molecule has 0 aromatic rings. The second-order valence-corrected chi connectivity index (χ2v) is 14.7. The molecule has 4 fully saturated rings. The summed E-state index contributed by atoms with van der Waals surface area (Å²) < 4.78 is 17.9. The SMILES string of the molecule is CO[C@@H]1[C@@H](O)[C@H](O[C@@H]2CC3=C4[C@@H](O)[C@@H](O)[C@H]5C[C@H](O)CC[C@]5(C)[C@H]4CC[C@]3(C)[C@H]2[C@H](C)/C=C/C(C)C)O[C@H](CO)[C@H]1O. The molecule has 5 rings (SSSR count). The minimum atomic E-state index is -1.26. The zero-order chi connectivity index (χ0) is 30.7. The molecule has 6 N–H and O–H groups in total. The van der Waals surface area contributed by atoms with Crippen molar-refractivity contribution in [2.45, 2.75) is 128 Å². The summed E-state index contributed by atoms with van der Waals surface area (Å²) in [6, 6.07) is 0. The number of allylic oxidation sites excluding steroid dienone is 2. The van der Waals surface area contributed by atoms with E-state index in [0.717, 1.165) is 30.4 Å². The normalized spacial score (nSPS) is 50.1. The molecule has 5 aliphatic rings. The van der Waals surface area contributed by atoms with Crippen molar-refractivity contribution >= 4 is 0 Å². The lowest BCUT2D eigenvalue weighted by Crippen LogP contribution is -2.60. The number of aliphatic hydroxyl groups excluding tert-OH is 6. The van der Waals surface area contributed by atoms with Gasteiger partial charge in [0.15, 0.2) is 6.29 Å². The van der Waals surface area contributed by atoms with Crippen LogP contribution < -0.4 is 0 Å². The zero-order valence-corrected chi connectivity index (χ0v) is 26.1. The quantitative estimate of drug-likeness (QED) is 0.244. The molecule has 0 spiro atoms. The summed E-state index contributed by atoms with van der Waals surface area (Å²) in [6.07, 6.45) is 0.490. The van der Waals surface area contributed by atoms with Gasteiger partial charge in [-0.15, -0.1) is 0 Å². The summed E-state index contributed by atoms with van der Waals surface area (Å²) in [5, 5.41) is 65.1. The summed E-state index contributed by atoms with van der Waals surface area (Å²) >= 11 is 0. The molecule has 15 atom stereocenters. The van der Waals surface area contributed by atoms with E-state index in [0.29, 0.717) is 25.2 Å². The van der Waals surface area contributed by atoms with Crippen LogP contribution in [-0.2, 0) is 14.2 Å². The molecule has 240 valence electrons. The van der Waals surface area contributed by atoms with Crippen LogP contribution in [0.5, 0.6) is 0 Å². The molecule has 3 saturated carbocycles. The van der Waals surface area contributed by atoms with Crippen molar-refractivity contribution in [3.63, 3.8) is 0 Å². The monoisotopic (exact) mass is 594 g/mol. The topological polar surface area (TPSA) is 149 Å². The van der Waals surface area contributed by atoms with E-state index in [-0.39, 0.29) is 40.6 Å². The van der Waals surface area contributed by atoms with Crippen LogP contribution in [0.3, 0.4) is 0 Å². The Labute approximate surface area is 250 Å². The third-order valence-electron chi connectivity index (χ3n) is 11.9. The standard InChI is InChI=1S/C33H54O9/c1-16(2)7-8-17(3)25-22(41-31-29(39)30(40-6)27(37)23(15-34)42-31)14-20-24-19(10-12-33(20,25)5)32(4)11-9-18(35)13-21(32)26(36)28(24)38/h7-8,16-19,21-23,25-31,34-39H,9-15H2,1-6H3/b8-7+/t17-,18-,19+,21-,22-,23-,25+,26+,27-,28-,29-,30+,31-,32-,33+/m1/s1. The van der Waals surface area contributed by atoms with Gasteiger partial charge in [-0.1, -0.05) is 52.3 Å². The molecule has 0 aromatic carbocycles. The van der Waals surface area contributed by atoms with E-state index in [4.69, 9.17) is 14.2 Å². The zero-order valence-electron chi connectivity index (χ0n) is 26.1. The van der Waals surface area contributed by atoms with E-state index in [1.54, 1.807) is 0 Å². The largest absolute Gasteiger partial charge is 0.394 e. The van der Waals surface area contributed by atoms with Gasteiger partial charge in [0.25, 0.3) is 0 Å². The van der Waals surface area contributed by atoms with E-state index in [1.807, 2.05) is 0 Å². The lowest BCUT2D eigenvalue weighted by atomic mass is 9.47. The van der Waals surface area contributed by atoms with E-state index >= 15 is 0 Å². The fourth-order valence-electron chi connectivity index (χ4n) is 9.71. The van der Waals surface area contributed by atoms with Crippen molar-refractivity contribution in [2.24, 2.45) is 40.4 Å². The van der Waals surface area contributed by atoms with Gasteiger partial charge < -0.3 is 44.8 Å². The van der Waals surface area contributed by atoms with Crippen LogP contribution in [0, 0.1) is 40.4 Å². The van der Waals surface area contributed by atoms with Crippen molar-refractivity contribution in [2.75, 3.05) is 13.7 Å². The summed E-state index contributed by atoms with van der Waals surface area (Å²) in [4.78, 5) is 0. The van der Waals surface area contributed by atoms with Gasteiger partial charge in [0.2, 0.25) is 0 Å². The molecule has 9 nitrogen and oxygen atoms in total. The lowest BCUT2D eigenvalue weighted by Gasteiger charge is -2.59. The highest BCUT2D eigenvalue weighted by atomic mass is 16.7. The van der Waals surface area contributed by atoms with Crippen LogP contribution in [0.25, 0.3) is 0 Å². The molecule has 0 bridgehead atoms. The number of methoxy groups -OCH3 is 1. The van der Waals surface area contributed by atoms with Gasteiger partial charge in [0.1, 0.15) is 30.5 Å². The third kappa shape index (κ3) is 5.24. The number of rotatable bonds is 7. The first kappa shape index (κ1) is 32.5. The Balaban J connectivity index is 1.55. The Kier molecular flexibility index (Phi) is 9.40. The molecule has 1 aliphatic heterocycles. The Morgan fingerprint density at radius 3 is 2.33 bits per heavy atom. The second-order valence-electron chi connectivity index (χ2n) is 14.7. The van der Waals surface area contributed by atoms with Crippen molar-refractivity contribution < 1.29 is 44.8 Å². The van der Waals surface area contributed by atoms with E-state index in [1.165, 1.54) is 7.11 Å². The molecule has 0 amide bonds. The average molecular weight is 595 g/mol. The summed E-state index contributed by atoms with van der Waals surface area (Å²) in [6.45, 7) is 10.5. The Bertz CT molecular complexity index is 1030. The third-order valence-corrected chi connectivity index (χ3v) is 11.9. The predicted molar refractivity (Wildman–Crippen MR) is 156 cm³/mol. The smallest absolute Gasteiger partial charge is 0.186 e.